The van der Waals surface area contributed by atoms with Crippen LogP contribution in [0.1, 0.15) is 6.92 Å². The molecule has 2 rings (SSSR count). The van der Waals surface area contributed by atoms with Crippen LogP contribution in [0.5, 0.6) is 11.5 Å². The zero-order chi connectivity index (χ0) is 21.2. The zero-order valence-corrected chi connectivity index (χ0v) is 15.8. The van der Waals surface area contributed by atoms with E-state index in [0.29, 0.717) is 11.4 Å². The van der Waals surface area contributed by atoms with E-state index in [2.05, 4.69) is 20.7 Å². The van der Waals surface area contributed by atoms with Gasteiger partial charge in [-0.3, -0.25) is 4.79 Å². The summed E-state index contributed by atoms with van der Waals surface area (Å²) in [5.74, 6) is -0.243. The summed E-state index contributed by atoms with van der Waals surface area (Å²) in [6.07, 6.45) is 0. The van der Waals surface area contributed by atoms with E-state index in [9.17, 15) is 14.8 Å². The highest BCUT2D eigenvalue weighted by Crippen LogP contribution is 2.32. The highest BCUT2D eigenvalue weighted by atomic mass is 16.5. The molecule has 3 N–H and O–H groups in total. The summed E-state index contributed by atoms with van der Waals surface area (Å²) in [7, 11) is 1.39. The minimum Gasteiger partial charge on any atom is -0.510 e. The molecule has 0 radical (unpaired) electrons. The normalized spacial score (nSPS) is 11.7. The number of methoxy groups -OCH3 is 1. The Morgan fingerprint density at radius 1 is 1.17 bits per heavy atom. The predicted octanol–water partition coefficient (Wildman–Crippen LogP) is 3.98. The van der Waals surface area contributed by atoms with Crippen molar-refractivity contribution in [3.8, 4) is 11.5 Å². The fourth-order valence-corrected chi connectivity index (χ4v) is 2.18. The molecule has 0 unspecified atom stereocenters. The second-order valence-electron chi connectivity index (χ2n) is 5.63. The van der Waals surface area contributed by atoms with Gasteiger partial charge >= 0.3 is 0 Å². The number of nitrogens with zero attached hydrogens (tertiary/aromatic N) is 3. The Labute approximate surface area is 166 Å². The molecule has 0 saturated heterocycles. The van der Waals surface area contributed by atoms with Crippen LogP contribution in [0.4, 0.5) is 17.1 Å². The fraction of sp³-hybridized carbons (Fsp3) is 0.211. The highest BCUT2D eigenvalue weighted by molar-refractivity contribution is 6.03. The van der Waals surface area contributed by atoms with Crippen LogP contribution in [0.3, 0.4) is 0 Å². The molecule has 152 valence electrons. The van der Waals surface area contributed by atoms with Crippen molar-refractivity contribution in [2.75, 3.05) is 25.6 Å². The standard InChI is InChI=1S/C19H20N4O6/c1-12(25)18(22-21-16-8-5-14(23-27)11-17(16)28-2)19(26)20-13-3-6-15(7-4-13)29-10-9-24/h3-8,11,24-25H,9-10H2,1-2H3,(H,20,26). The molecule has 0 aliphatic carbocycles. The number of nitrogens with one attached hydrogen (secondary N) is 1. The van der Waals surface area contributed by atoms with Crippen molar-refractivity contribution in [2.24, 2.45) is 15.4 Å². The Bertz CT molecular complexity index is 921. The van der Waals surface area contributed by atoms with Crippen molar-refractivity contribution in [2.45, 2.75) is 6.92 Å². The van der Waals surface area contributed by atoms with Gasteiger partial charge in [-0.05, 0) is 48.5 Å². The van der Waals surface area contributed by atoms with Crippen LogP contribution in [0.2, 0.25) is 0 Å². The summed E-state index contributed by atoms with van der Waals surface area (Å²) in [6.45, 7) is 1.36. The van der Waals surface area contributed by atoms with Crippen LogP contribution in [-0.2, 0) is 4.79 Å². The van der Waals surface area contributed by atoms with E-state index >= 15 is 0 Å². The number of carbonyl (C=O) groups excluding carboxylic acids is 1. The van der Waals surface area contributed by atoms with Crippen molar-refractivity contribution >= 4 is 23.0 Å². The number of benzene rings is 2. The third-order valence-corrected chi connectivity index (χ3v) is 3.56. The summed E-state index contributed by atoms with van der Waals surface area (Å²) in [4.78, 5) is 23.1. The Kier molecular flexibility index (Phi) is 7.80. The van der Waals surface area contributed by atoms with Gasteiger partial charge in [-0.25, -0.2) is 0 Å². The molecule has 0 aliphatic heterocycles. The van der Waals surface area contributed by atoms with Crippen molar-refractivity contribution in [1.82, 2.24) is 0 Å². The van der Waals surface area contributed by atoms with Gasteiger partial charge in [-0.1, -0.05) is 0 Å². The predicted molar refractivity (Wildman–Crippen MR) is 106 cm³/mol. The first-order valence-electron chi connectivity index (χ1n) is 8.46. The van der Waals surface area contributed by atoms with Crippen molar-refractivity contribution in [3.63, 3.8) is 0 Å². The maximum Gasteiger partial charge on any atom is 0.279 e. The first kappa shape index (κ1) is 21.5. The minimum absolute atomic E-state index is 0.105. The molecule has 2 aromatic rings. The van der Waals surface area contributed by atoms with E-state index in [1.807, 2.05) is 0 Å². The quantitative estimate of drug-likeness (QED) is 0.251. The molecule has 10 nitrogen and oxygen atoms in total. The third-order valence-electron chi connectivity index (χ3n) is 3.56. The summed E-state index contributed by atoms with van der Waals surface area (Å²) >= 11 is 0. The molecule has 0 heterocycles. The van der Waals surface area contributed by atoms with Crippen molar-refractivity contribution < 1.29 is 24.5 Å². The van der Waals surface area contributed by atoms with Crippen molar-refractivity contribution in [3.05, 3.63) is 58.8 Å². The topological polar surface area (TPSA) is 142 Å². The van der Waals surface area contributed by atoms with Crippen LogP contribution >= 0.6 is 0 Å². The Morgan fingerprint density at radius 3 is 2.48 bits per heavy atom. The average molecular weight is 400 g/mol. The smallest absolute Gasteiger partial charge is 0.279 e. The van der Waals surface area contributed by atoms with E-state index < -0.39 is 5.91 Å². The first-order chi connectivity index (χ1) is 14.0. The maximum absolute atomic E-state index is 12.5. The summed E-state index contributed by atoms with van der Waals surface area (Å²) in [5.41, 5.74) is 0.542. The summed E-state index contributed by atoms with van der Waals surface area (Å²) in [6, 6.07) is 10.7. The lowest BCUT2D eigenvalue weighted by Crippen LogP contribution is -2.14. The number of carbonyl (C=O) groups is 1. The van der Waals surface area contributed by atoms with Gasteiger partial charge in [0.15, 0.2) is 5.70 Å². The number of hydrogen-bond donors (Lipinski definition) is 3. The average Bonchev–Trinajstić information content (AvgIpc) is 2.73. The number of azo groups is 1. The number of nitroso groups, excluding NO2 is 1. The lowest BCUT2D eigenvalue weighted by molar-refractivity contribution is -0.113. The molecule has 0 spiro atoms. The van der Waals surface area contributed by atoms with E-state index in [-0.39, 0.29) is 41.8 Å². The van der Waals surface area contributed by atoms with Gasteiger partial charge in [0.05, 0.1) is 13.7 Å². The van der Waals surface area contributed by atoms with E-state index in [1.54, 1.807) is 24.3 Å². The van der Waals surface area contributed by atoms with Gasteiger partial charge in [-0.15, -0.1) is 15.1 Å². The summed E-state index contributed by atoms with van der Waals surface area (Å²) in [5, 5.41) is 31.7. The van der Waals surface area contributed by atoms with Crippen molar-refractivity contribution in [1.29, 1.82) is 0 Å². The van der Waals surface area contributed by atoms with Crippen LogP contribution in [-0.4, -0.2) is 36.4 Å². The number of rotatable bonds is 9. The number of aliphatic hydroxyl groups is 2. The van der Waals surface area contributed by atoms with E-state index in [0.717, 1.165) is 0 Å². The van der Waals surface area contributed by atoms with Gasteiger partial charge in [0.25, 0.3) is 5.91 Å². The molecular formula is C19H20N4O6. The lowest BCUT2D eigenvalue weighted by atomic mass is 10.2. The number of amides is 1. The Balaban J connectivity index is 2.15. The molecule has 29 heavy (non-hydrogen) atoms. The molecular weight excluding hydrogens is 380 g/mol. The zero-order valence-electron chi connectivity index (χ0n) is 15.8. The van der Waals surface area contributed by atoms with Gasteiger partial charge < -0.3 is 25.0 Å². The second-order valence-corrected chi connectivity index (χ2v) is 5.63. The van der Waals surface area contributed by atoms with Crippen LogP contribution < -0.4 is 14.8 Å². The fourth-order valence-electron chi connectivity index (χ4n) is 2.18. The van der Waals surface area contributed by atoms with Gasteiger partial charge in [0, 0.05) is 11.8 Å². The second kappa shape index (κ2) is 10.5. The summed E-state index contributed by atoms with van der Waals surface area (Å²) < 4.78 is 10.4. The number of ether oxygens (including phenoxy) is 2. The molecule has 1 amide bonds. The van der Waals surface area contributed by atoms with E-state index in [1.165, 1.54) is 32.2 Å². The van der Waals surface area contributed by atoms with Gasteiger partial charge in [0.1, 0.15) is 35.2 Å². The van der Waals surface area contributed by atoms with Crippen LogP contribution in [0, 0.1) is 4.91 Å². The van der Waals surface area contributed by atoms with E-state index in [4.69, 9.17) is 14.6 Å². The molecule has 10 heteroatoms. The first-order valence-corrected chi connectivity index (χ1v) is 8.46. The van der Waals surface area contributed by atoms with Crippen LogP contribution in [0.25, 0.3) is 0 Å². The number of anilines is 1. The SMILES string of the molecule is COc1cc(N=O)ccc1N=NC(C(=O)Nc1ccc(OCCO)cc1)=C(C)O. The molecule has 0 atom stereocenters. The largest absolute Gasteiger partial charge is 0.510 e. The Morgan fingerprint density at radius 2 is 1.90 bits per heavy atom. The monoisotopic (exact) mass is 400 g/mol. The molecule has 0 aliphatic rings. The highest BCUT2D eigenvalue weighted by Gasteiger charge is 2.14. The third kappa shape index (κ3) is 6.11. The lowest BCUT2D eigenvalue weighted by Gasteiger charge is -2.08. The number of allylic oxidation sites excluding steroid dienone is 1. The maximum atomic E-state index is 12.5. The minimum atomic E-state index is -0.678. The Hall–Kier alpha value is -3.79. The molecule has 0 fully saturated rings. The number of hydrogen-bond acceptors (Lipinski definition) is 9. The van der Waals surface area contributed by atoms with Gasteiger partial charge in [-0.2, -0.15) is 0 Å². The molecule has 0 aromatic heterocycles. The molecule has 2 aromatic carbocycles. The van der Waals surface area contributed by atoms with Crippen LogP contribution in [0.15, 0.2) is 69.3 Å². The molecule has 0 bridgehead atoms. The molecule has 0 saturated carbocycles. The van der Waals surface area contributed by atoms with Gasteiger partial charge in [0.2, 0.25) is 0 Å². The number of aliphatic hydroxyl groups excluding tert-OH is 2.